The molecular weight excluding hydrogens is 236 g/mol. The SMILES string of the molecule is Cn1cnc2cc(-c3cnn(C(C)(C)C)c3)ccc21. The summed E-state index contributed by atoms with van der Waals surface area (Å²) in [7, 11) is 2.01. The minimum Gasteiger partial charge on any atom is -0.334 e. The predicted molar refractivity (Wildman–Crippen MR) is 76.9 cm³/mol. The lowest BCUT2D eigenvalue weighted by Gasteiger charge is -2.18. The first-order chi connectivity index (χ1) is 8.95. The van der Waals surface area contributed by atoms with Crippen molar-refractivity contribution in [1.82, 2.24) is 19.3 Å². The molecule has 2 heterocycles. The first kappa shape index (κ1) is 12.0. The number of hydrogen-bond acceptors (Lipinski definition) is 2. The molecule has 0 spiro atoms. The van der Waals surface area contributed by atoms with E-state index in [0.717, 1.165) is 22.2 Å². The number of hydrogen-bond donors (Lipinski definition) is 0. The van der Waals surface area contributed by atoms with E-state index in [0.29, 0.717) is 0 Å². The van der Waals surface area contributed by atoms with E-state index in [1.54, 1.807) is 0 Å². The minimum atomic E-state index is 0.00729. The number of benzene rings is 1. The van der Waals surface area contributed by atoms with E-state index in [9.17, 15) is 0 Å². The zero-order valence-corrected chi connectivity index (χ0v) is 11.8. The van der Waals surface area contributed by atoms with Gasteiger partial charge in [0.05, 0.1) is 29.1 Å². The van der Waals surface area contributed by atoms with E-state index < -0.39 is 0 Å². The van der Waals surface area contributed by atoms with Crippen LogP contribution >= 0.6 is 0 Å². The summed E-state index contributed by atoms with van der Waals surface area (Å²) in [4.78, 5) is 4.40. The minimum absolute atomic E-state index is 0.00729. The highest BCUT2D eigenvalue weighted by Crippen LogP contribution is 2.25. The third kappa shape index (κ3) is 2.03. The van der Waals surface area contributed by atoms with Crippen LogP contribution < -0.4 is 0 Å². The van der Waals surface area contributed by atoms with Crippen LogP contribution in [0.25, 0.3) is 22.2 Å². The van der Waals surface area contributed by atoms with Crippen LogP contribution in [-0.4, -0.2) is 19.3 Å². The quantitative estimate of drug-likeness (QED) is 0.668. The van der Waals surface area contributed by atoms with Gasteiger partial charge in [0.15, 0.2) is 0 Å². The first-order valence-corrected chi connectivity index (χ1v) is 6.42. The van der Waals surface area contributed by atoms with Crippen LogP contribution in [0.1, 0.15) is 20.8 Å². The summed E-state index contributed by atoms with van der Waals surface area (Å²) in [6.45, 7) is 6.43. The lowest BCUT2D eigenvalue weighted by atomic mass is 10.1. The average Bonchev–Trinajstić information content (AvgIpc) is 2.95. The first-order valence-electron chi connectivity index (χ1n) is 6.42. The molecule has 2 aromatic heterocycles. The van der Waals surface area contributed by atoms with Crippen molar-refractivity contribution in [3.05, 3.63) is 36.9 Å². The lowest BCUT2D eigenvalue weighted by molar-refractivity contribution is 0.355. The number of fused-ring (bicyclic) bond motifs is 1. The molecule has 0 unspecified atom stereocenters. The molecule has 98 valence electrons. The standard InChI is InChI=1S/C15H18N4/c1-15(2,3)19-9-12(8-17-19)11-5-6-14-13(7-11)16-10-18(14)4/h5-10H,1-4H3. The molecule has 0 radical (unpaired) electrons. The highest BCUT2D eigenvalue weighted by molar-refractivity contribution is 5.81. The van der Waals surface area contributed by atoms with Gasteiger partial charge in [-0.05, 0) is 38.5 Å². The number of rotatable bonds is 1. The predicted octanol–water partition coefficient (Wildman–Crippen LogP) is 3.19. The zero-order valence-electron chi connectivity index (χ0n) is 11.8. The maximum absolute atomic E-state index is 4.44. The van der Waals surface area contributed by atoms with Crippen molar-refractivity contribution in [3.8, 4) is 11.1 Å². The molecule has 0 fully saturated rings. The molecule has 0 N–H and O–H groups in total. The summed E-state index contributed by atoms with van der Waals surface area (Å²) >= 11 is 0. The van der Waals surface area contributed by atoms with Crippen LogP contribution in [0.3, 0.4) is 0 Å². The van der Waals surface area contributed by atoms with Crippen LogP contribution in [0.2, 0.25) is 0 Å². The van der Waals surface area contributed by atoms with Gasteiger partial charge in [-0.25, -0.2) is 4.98 Å². The van der Waals surface area contributed by atoms with Crippen LogP contribution in [0.5, 0.6) is 0 Å². The third-order valence-corrected chi connectivity index (χ3v) is 3.33. The Morgan fingerprint density at radius 1 is 1.11 bits per heavy atom. The highest BCUT2D eigenvalue weighted by atomic mass is 15.3. The van der Waals surface area contributed by atoms with E-state index in [1.807, 2.05) is 28.8 Å². The van der Waals surface area contributed by atoms with E-state index in [2.05, 4.69) is 55.2 Å². The molecule has 0 amide bonds. The fourth-order valence-corrected chi connectivity index (χ4v) is 2.15. The van der Waals surface area contributed by atoms with E-state index in [1.165, 1.54) is 0 Å². The van der Waals surface area contributed by atoms with Gasteiger partial charge in [0.1, 0.15) is 0 Å². The van der Waals surface area contributed by atoms with E-state index >= 15 is 0 Å². The molecule has 0 aliphatic heterocycles. The Morgan fingerprint density at radius 2 is 1.89 bits per heavy atom. The summed E-state index contributed by atoms with van der Waals surface area (Å²) in [5, 5.41) is 4.44. The Bertz CT molecular complexity index is 728. The molecule has 3 rings (SSSR count). The molecule has 0 atom stereocenters. The largest absolute Gasteiger partial charge is 0.334 e. The second-order valence-corrected chi connectivity index (χ2v) is 5.90. The fourth-order valence-electron chi connectivity index (χ4n) is 2.15. The van der Waals surface area contributed by atoms with Gasteiger partial charge in [0, 0.05) is 18.8 Å². The Hall–Kier alpha value is -2.10. The average molecular weight is 254 g/mol. The van der Waals surface area contributed by atoms with Crippen LogP contribution in [0, 0.1) is 0 Å². The van der Waals surface area contributed by atoms with E-state index in [-0.39, 0.29) is 5.54 Å². The highest BCUT2D eigenvalue weighted by Gasteiger charge is 2.14. The van der Waals surface area contributed by atoms with Crippen molar-refractivity contribution in [3.63, 3.8) is 0 Å². The van der Waals surface area contributed by atoms with Gasteiger partial charge in [-0.3, -0.25) is 4.68 Å². The van der Waals surface area contributed by atoms with Gasteiger partial charge in [0.2, 0.25) is 0 Å². The van der Waals surface area contributed by atoms with Crippen LogP contribution in [-0.2, 0) is 12.6 Å². The molecule has 4 heteroatoms. The summed E-state index contributed by atoms with van der Waals surface area (Å²) in [6, 6.07) is 6.33. The molecule has 19 heavy (non-hydrogen) atoms. The molecule has 0 saturated carbocycles. The molecule has 0 bridgehead atoms. The summed E-state index contributed by atoms with van der Waals surface area (Å²) in [5.41, 5.74) is 4.45. The van der Waals surface area contributed by atoms with Gasteiger partial charge in [0.25, 0.3) is 0 Å². The number of aryl methyl sites for hydroxylation is 1. The van der Waals surface area contributed by atoms with Crippen molar-refractivity contribution < 1.29 is 0 Å². The van der Waals surface area contributed by atoms with Crippen molar-refractivity contribution >= 4 is 11.0 Å². The van der Waals surface area contributed by atoms with Gasteiger partial charge < -0.3 is 4.57 Å². The zero-order chi connectivity index (χ0) is 13.6. The Kier molecular flexibility index (Phi) is 2.49. The van der Waals surface area contributed by atoms with Gasteiger partial charge >= 0.3 is 0 Å². The van der Waals surface area contributed by atoms with Gasteiger partial charge in [-0.1, -0.05) is 6.07 Å². The summed E-state index contributed by atoms with van der Waals surface area (Å²) in [5.74, 6) is 0. The topological polar surface area (TPSA) is 35.6 Å². The van der Waals surface area contributed by atoms with Gasteiger partial charge in [-0.2, -0.15) is 5.10 Å². The summed E-state index contributed by atoms with van der Waals surface area (Å²) < 4.78 is 4.02. The number of aromatic nitrogens is 4. The number of imidazole rings is 1. The molecule has 3 aromatic rings. The maximum Gasteiger partial charge on any atom is 0.0955 e. The molecule has 0 saturated heterocycles. The van der Waals surface area contributed by atoms with Crippen LogP contribution in [0.15, 0.2) is 36.9 Å². The second-order valence-electron chi connectivity index (χ2n) is 5.90. The smallest absolute Gasteiger partial charge is 0.0955 e. The lowest BCUT2D eigenvalue weighted by Crippen LogP contribution is -2.21. The Labute approximate surface area is 112 Å². The van der Waals surface area contributed by atoms with Crippen molar-refractivity contribution in [2.24, 2.45) is 7.05 Å². The summed E-state index contributed by atoms with van der Waals surface area (Å²) in [6.07, 6.45) is 5.84. The maximum atomic E-state index is 4.44. The Morgan fingerprint density at radius 3 is 2.58 bits per heavy atom. The monoisotopic (exact) mass is 254 g/mol. The molecule has 0 aliphatic carbocycles. The molecule has 4 nitrogen and oxygen atoms in total. The fraction of sp³-hybridized carbons (Fsp3) is 0.333. The third-order valence-electron chi connectivity index (χ3n) is 3.33. The Balaban J connectivity index is 2.06. The van der Waals surface area contributed by atoms with Gasteiger partial charge in [-0.15, -0.1) is 0 Å². The number of nitrogens with zero attached hydrogens (tertiary/aromatic N) is 4. The second kappa shape index (κ2) is 3.95. The normalized spacial score (nSPS) is 12.2. The molecular formula is C15H18N4. The molecule has 1 aromatic carbocycles. The molecule has 0 aliphatic rings. The van der Waals surface area contributed by atoms with Crippen molar-refractivity contribution in [2.75, 3.05) is 0 Å². The van der Waals surface area contributed by atoms with E-state index in [4.69, 9.17) is 0 Å². The van der Waals surface area contributed by atoms with Crippen molar-refractivity contribution in [2.45, 2.75) is 26.3 Å². The van der Waals surface area contributed by atoms with Crippen molar-refractivity contribution in [1.29, 1.82) is 0 Å². The van der Waals surface area contributed by atoms with Crippen LogP contribution in [0.4, 0.5) is 0 Å².